The smallest absolute Gasteiger partial charge is 0.138 e. The number of fused-ring (bicyclic) bond motifs is 1. The van der Waals surface area contributed by atoms with Crippen molar-refractivity contribution >= 4 is 27.4 Å². The van der Waals surface area contributed by atoms with Crippen LogP contribution in [0, 0.1) is 6.92 Å². The number of nitrogens with one attached hydrogen (secondary N) is 2. The number of piperidine rings is 1. The van der Waals surface area contributed by atoms with Gasteiger partial charge in [-0.15, -0.1) is 11.3 Å². The van der Waals surface area contributed by atoms with Crippen molar-refractivity contribution in [1.82, 2.24) is 15.3 Å². The first-order valence-corrected chi connectivity index (χ1v) is 6.99. The van der Waals surface area contributed by atoms with Gasteiger partial charge in [-0.05, 0) is 31.3 Å². The van der Waals surface area contributed by atoms with E-state index in [-0.39, 0.29) is 12.1 Å². The molecule has 3 N–H and O–H groups in total. The molecule has 2 aromatic heterocycles. The van der Waals surface area contributed by atoms with Crippen LogP contribution >= 0.6 is 11.3 Å². The van der Waals surface area contributed by atoms with Crippen molar-refractivity contribution in [1.29, 1.82) is 0 Å². The lowest BCUT2D eigenvalue weighted by molar-refractivity contribution is 0.124. The Bertz CT molecular complexity index is 556. The molecule has 2 aromatic rings. The summed E-state index contributed by atoms with van der Waals surface area (Å²) in [7, 11) is 0. The number of thiophene rings is 1. The first-order chi connectivity index (χ1) is 8.74. The molecular formula is C12H16N4OS. The third kappa shape index (κ3) is 2.19. The molecule has 1 aliphatic heterocycles. The lowest BCUT2D eigenvalue weighted by Gasteiger charge is -2.29. The van der Waals surface area contributed by atoms with Crippen LogP contribution in [0.1, 0.15) is 12.2 Å². The standard InChI is InChI=1S/C12H16N4OS/c1-7-14-11(8-3-5-18-12(8)15-7)16-9-6-13-4-2-10(9)17/h3,5,9-10,13,17H,2,4,6H2,1H3,(H,14,15,16)/t9-,10+/m0/s1. The molecule has 5 nitrogen and oxygen atoms in total. The van der Waals surface area contributed by atoms with Crippen molar-refractivity contribution in [2.24, 2.45) is 0 Å². The fourth-order valence-electron chi connectivity index (χ4n) is 2.24. The highest BCUT2D eigenvalue weighted by molar-refractivity contribution is 7.16. The number of nitrogens with zero attached hydrogens (tertiary/aromatic N) is 2. The maximum absolute atomic E-state index is 9.98. The van der Waals surface area contributed by atoms with Gasteiger partial charge in [0.2, 0.25) is 0 Å². The van der Waals surface area contributed by atoms with E-state index in [1.807, 2.05) is 18.4 Å². The molecular weight excluding hydrogens is 248 g/mol. The summed E-state index contributed by atoms with van der Waals surface area (Å²) in [5.41, 5.74) is 0. The van der Waals surface area contributed by atoms with Gasteiger partial charge in [0, 0.05) is 6.54 Å². The fourth-order valence-corrected chi connectivity index (χ4v) is 3.05. The zero-order valence-corrected chi connectivity index (χ0v) is 11.0. The summed E-state index contributed by atoms with van der Waals surface area (Å²) in [6.45, 7) is 3.52. The van der Waals surface area contributed by atoms with Gasteiger partial charge in [-0.25, -0.2) is 9.97 Å². The minimum atomic E-state index is -0.324. The number of aliphatic hydroxyl groups excluding tert-OH is 1. The summed E-state index contributed by atoms with van der Waals surface area (Å²) in [5, 5.41) is 19.6. The van der Waals surface area contributed by atoms with Gasteiger partial charge in [0.15, 0.2) is 0 Å². The molecule has 1 aliphatic rings. The lowest BCUT2D eigenvalue weighted by atomic mass is 10.0. The molecule has 3 rings (SSSR count). The molecule has 2 atom stereocenters. The van der Waals surface area contributed by atoms with Crippen LogP contribution in [0.4, 0.5) is 5.82 Å². The summed E-state index contributed by atoms with van der Waals surface area (Å²) < 4.78 is 0. The Labute approximate surface area is 109 Å². The summed E-state index contributed by atoms with van der Waals surface area (Å²) in [4.78, 5) is 9.83. The van der Waals surface area contributed by atoms with E-state index < -0.39 is 0 Å². The van der Waals surface area contributed by atoms with Crippen LogP contribution in [0.3, 0.4) is 0 Å². The normalized spacial score (nSPS) is 24.3. The SMILES string of the molecule is Cc1nc(N[C@H]2CNCC[C@H]2O)c2ccsc2n1. The number of aryl methyl sites for hydroxylation is 1. The van der Waals surface area contributed by atoms with Gasteiger partial charge < -0.3 is 15.7 Å². The zero-order valence-electron chi connectivity index (χ0n) is 10.2. The number of anilines is 1. The summed E-state index contributed by atoms with van der Waals surface area (Å²) in [6.07, 6.45) is 0.448. The van der Waals surface area contributed by atoms with Gasteiger partial charge in [0.1, 0.15) is 16.5 Å². The van der Waals surface area contributed by atoms with Crippen molar-refractivity contribution < 1.29 is 5.11 Å². The maximum atomic E-state index is 9.98. The summed E-state index contributed by atoms with van der Waals surface area (Å²) in [5.74, 6) is 1.58. The van der Waals surface area contributed by atoms with Gasteiger partial charge in [0.05, 0.1) is 17.5 Å². The van der Waals surface area contributed by atoms with E-state index in [1.54, 1.807) is 11.3 Å². The Hall–Kier alpha value is -1.24. The number of hydrogen-bond donors (Lipinski definition) is 3. The zero-order chi connectivity index (χ0) is 12.5. The van der Waals surface area contributed by atoms with E-state index in [1.165, 1.54) is 0 Å². The van der Waals surface area contributed by atoms with Crippen molar-refractivity contribution in [2.75, 3.05) is 18.4 Å². The van der Waals surface area contributed by atoms with Gasteiger partial charge in [-0.3, -0.25) is 0 Å². The fraction of sp³-hybridized carbons (Fsp3) is 0.500. The first-order valence-electron chi connectivity index (χ1n) is 6.11. The molecule has 1 fully saturated rings. The second-order valence-electron chi connectivity index (χ2n) is 4.57. The molecule has 0 spiro atoms. The van der Waals surface area contributed by atoms with Gasteiger partial charge in [-0.1, -0.05) is 0 Å². The van der Waals surface area contributed by atoms with Gasteiger partial charge >= 0.3 is 0 Å². The predicted octanol–water partition coefficient (Wildman–Crippen LogP) is 1.13. The first kappa shape index (κ1) is 11.8. The Balaban J connectivity index is 1.91. The van der Waals surface area contributed by atoms with Crippen LogP contribution in [-0.4, -0.2) is 40.3 Å². The molecule has 0 aromatic carbocycles. The third-order valence-electron chi connectivity index (χ3n) is 3.20. The topological polar surface area (TPSA) is 70.1 Å². The maximum Gasteiger partial charge on any atom is 0.138 e. The van der Waals surface area contributed by atoms with E-state index >= 15 is 0 Å². The monoisotopic (exact) mass is 264 g/mol. The summed E-state index contributed by atoms with van der Waals surface area (Å²) in [6, 6.07) is 2.03. The molecule has 1 saturated heterocycles. The van der Waals surface area contributed by atoms with Crippen LogP contribution < -0.4 is 10.6 Å². The van der Waals surface area contributed by atoms with Crippen molar-refractivity contribution in [3.63, 3.8) is 0 Å². The minimum Gasteiger partial charge on any atom is -0.391 e. The van der Waals surface area contributed by atoms with E-state index in [0.717, 1.165) is 41.4 Å². The van der Waals surface area contributed by atoms with Gasteiger partial charge in [-0.2, -0.15) is 0 Å². The highest BCUT2D eigenvalue weighted by atomic mass is 32.1. The molecule has 0 bridgehead atoms. The third-order valence-corrected chi connectivity index (χ3v) is 4.01. The quantitative estimate of drug-likeness (QED) is 0.758. The highest BCUT2D eigenvalue weighted by Gasteiger charge is 2.23. The molecule has 0 unspecified atom stereocenters. The van der Waals surface area contributed by atoms with Crippen LogP contribution in [-0.2, 0) is 0 Å². The molecule has 96 valence electrons. The number of aromatic nitrogens is 2. The average molecular weight is 264 g/mol. The van der Waals surface area contributed by atoms with E-state index in [9.17, 15) is 5.11 Å². The highest BCUT2D eigenvalue weighted by Crippen LogP contribution is 2.26. The Morgan fingerprint density at radius 3 is 3.22 bits per heavy atom. The predicted molar refractivity (Wildman–Crippen MR) is 73.1 cm³/mol. The second-order valence-corrected chi connectivity index (χ2v) is 5.46. The molecule has 3 heterocycles. The van der Waals surface area contributed by atoms with Gasteiger partial charge in [0.25, 0.3) is 0 Å². The largest absolute Gasteiger partial charge is 0.391 e. The Morgan fingerprint density at radius 1 is 1.50 bits per heavy atom. The van der Waals surface area contributed by atoms with Crippen LogP contribution in [0.2, 0.25) is 0 Å². The van der Waals surface area contributed by atoms with E-state index in [4.69, 9.17) is 0 Å². The molecule has 6 heteroatoms. The van der Waals surface area contributed by atoms with Crippen LogP contribution in [0.5, 0.6) is 0 Å². The molecule has 0 amide bonds. The minimum absolute atomic E-state index is 0.0103. The summed E-state index contributed by atoms with van der Waals surface area (Å²) >= 11 is 1.61. The molecule has 0 aliphatic carbocycles. The number of rotatable bonds is 2. The Kier molecular flexibility index (Phi) is 3.15. The van der Waals surface area contributed by atoms with E-state index in [2.05, 4.69) is 20.6 Å². The average Bonchev–Trinajstić information content (AvgIpc) is 2.80. The van der Waals surface area contributed by atoms with Crippen LogP contribution in [0.25, 0.3) is 10.2 Å². The molecule has 0 saturated carbocycles. The second kappa shape index (κ2) is 4.79. The Morgan fingerprint density at radius 2 is 2.39 bits per heavy atom. The van der Waals surface area contributed by atoms with E-state index in [0.29, 0.717) is 0 Å². The number of aliphatic hydroxyl groups is 1. The van der Waals surface area contributed by atoms with Crippen molar-refractivity contribution in [3.8, 4) is 0 Å². The van der Waals surface area contributed by atoms with Crippen LogP contribution in [0.15, 0.2) is 11.4 Å². The van der Waals surface area contributed by atoms with Crippen molar-refractivity contribution in [2.45, 2.75) is 25.5 Å². The lowest BCUT2D eigenvalue weighted by Crippen LogP contribution is -2.48. The molecule has 0 radical (unpaired) electrons. The molecule has 18 heavy (non-hydrogen) atoms. The van der Waals surface area contributed by atoms with Crippen molar-refractivity contribution in [3.05, 3.63) is 17.3 Å². The number of hydrogen-bond acceptors (Lipinski definition) is 6.